The Labute approximate surface area is 185 Å². The number of ether oxygens (including phenoxy) is 1. The number of aryl methyl sites for hydroxylation is 1. The number of carbonyl (C=O) groups excluding carboxylic acids is 2. The van der Waals surface area contributed by atoms with Crippen molar-refractivity contribution in [2.24, 2.45) is 0 Å². The molecule has 7 nitrogen and oxygen atoms in total. The van der Waals surface area contributed by atoms with Crippen molar-refractivity contribution in [3.63, 3.8) is 0 Å². The monoisotopic (exact) mass is 430 g/mol. The van der Waals surface area contributed by atoms with Crippen LogP contribution in [0.25, 0.3) is 6.08 Å². The minimum Gasteiger partial charge on any atom is -0.495 e. The fraction of sp³-hybridized carbons (Fsp3) is 0.0800. The number of anilines is 1. The summed E-state index contributed by atoms with van der Waals surface area (Å²) in [5.74, 6) is -1.94. The summed E-state index contributed by atoms with van der Waals surface area (Å²) in [6.45, 7) is 1.94. The van der Waals surface area contributed by atoms with Crippen LogP contribution >= 0.6 is 0 Å². The maximum absolute atomic E-state index is 13.1. The zero-order chi connectivity index (χ0) is 23.1. The molecule has 0 spiro atoms. The molecule has 162 valence electrons. The van der Waals surface area contributed by atoms with Crippen molar-refractivity contribution in [3.05, 3.63) is 101 Å². The molecule has 0 radical (unpaired) electrons. The molecule has 0 aromatic heterocycles. The maximum atomic E-state index is 13.1. The van der Waals surface area contributed by atoms with Crippen LogP contribution in [0.2, 0.25) is 0 Å². The fourth-order valence-corrected chi connectivity index (χ4v) is 2.90. The van der Waals surface area contributed by atoms with Crippen LogP contribution in [0.4, 0.5) is 5.69 Å². The molecule has 32 heavy (non-hydrogen) atoms. The Hall–Kier alpha value is -4.39. The normalized spacial score (nSPS) is 10.9. The first kappa shape index (κ1) is 22.3. The van der Waals surface area contributed by atoms with Crippen LogP contribution in [-0.2, 0) is 4.79 Å². The molecule has 7 heteroatoms. The van der Waals surface area contributed by atoms with Gasteiger partial charge in [-0.1, -0.05) is 48.0 Å². The summed E-state index contributed by atoms with van der Waals surface area (Å²) in [5, 5.41) is 14.5. The van der Waals surface area contributed by atoms with E-state index in [1.165, 1.54) is 25.3 Å². The fourth-order valence-electron chi connectivity index (χ4n) is 2.90. The molecule has 0 heterocycles. The number of carboxylic acid groups (broad SMARTS) is 1. The van der Waals surface area contributed by atoms with Gasteiger partial charge >= 0.3 is 5.97 Å². The Morgan fingerprint density at radius 2 is 1.59 bits per heavy atom. The van der Waals surface area contributed by atoms with E-state index in [4.69, 9.17) is 4.74 Å². The summed E-state index contributed by atoms with van der Waals surface area (Å²) in [7, 11) is 1.41. The number of hydrogen-bond acceptors (Lipinski definition) is 4. The third-order valence-corrected chi connectivity index (χ3v) is 4.61. The molecule has 3 aromatic carbocycles. The van der Waals surface area contributed by atoms with E-state index < -0.39 is 17.8 Å². The summed E-state index contributed by atoms with van der Waals surface area (Å²) in [6, 6.07) is 20.0. The summed E-state index contributed by atoms with van der Waals surface area (Å²) < 4.78 is 5.23. The Morgan fingerprint density at radius 1 is 0.906 bits per heavy atom. The Balaban J connectivity index is 1.94. The van der Waals surface area contributed by atoms with E-state index >= 15 is 0 Å². The van der Waals surface area contributed by atoms with Gasteiger partial charge in [-0.25, -0.2) is 4.79 Å². The third kappa shape index (κ3) is 5.60. The van der Waals surface area contributed by atoms with Gasteiger partial charge in [0.15, 0.2) is 0 Å². The second-order valence-corrected chi connectivity index (χ2v) is 6.96. The zero-order valence-corrected chi connectivity index (χ0v) is 17.6. The second-order valence-electron chi connectivity index (χ2n) is 6.96. The lowest BCUT2D eigenvalue weighted by molar-refractivity contribution is -0.113. The molecule has 0 aliphatic heterocycles. The third-order valence-electron chi connectivity index (χ3n) is 4.61. The molecule has 0 unspecified atom stereocenters. The molecule has 2 amide bonds. The van der Waals surface area contributed by atoms with Crippen molar-refractivity contribution >= 4 is 29.5 Å². The van der Waals surface area contributed by atoms with Gasteiger partial charge in [-0.05, 0) is 48.9 Å². The number of benzene rings is 3. The van der Waals surface area contributed by atoms with E-state index in [1.807, 2.05) is 31.2 Å². The molecule has 3 rings (SSSR count). The van der Waals surface area contributed by atoms with Crippen molar-refractivity contribution in [2.75, 3.05) is 12.4 Å². The second kappa shape index (κ2) is 10.1. The number of amides is 2. The van der Waals surface area contributed by atoms with Gasteiger partial charge in [0.1, 0.15) is 11.4 Å². The highest BCUT2D eigenvalue weighted by Crippen LogP contribution is 2.26. The number of rotatable bonds is 7. The van der Waals surface area contributed by atoms with Crippen LogP contribution in [0, 0.1) is 6.92 Å². The Kier molecular flexibility index (Phi) is 7.02. The van der Waals surface area contributed by atoms with Gasteiger partial charge in [0, 0.05) is 5.56 Å². The van der Waals surface area contributed by atoms with Gasteiger partial charge in [-0.2, -0.15) is 0 Å². The van der Waals surface area contributed by atoms with Crippen molar-refractivity contribution < 1.29 is 24.2 Å². The van der Waals surface area contributed by atoms with Crippen LogP contribution < -0.4 is 15.4 Å². The molecule has 0 atom stereocenters. The average molecular weight is 430 g/mol. The van der Waals surface area contributed by atoms with Gasteiger partial charge in [-0.3, -0.25) is 9.59 Å². The first-order valence-corrected chi connectivity index (χ1v) is 9.75. The van der Waals surface area contributed by atoms with E-state index in [0.717, 1.165) is 5.56 Å². The first-order chi connectivity index (χ1) is 15.4. The van der Waals surface area contributed by atoms with E-state index in [9.17, 15) is 19.5 Å². The number of aromatic carboxylic acids is 1. The minimum absolute atomic E-state index is 0.00881. The lowest BCUT2D eigenvalue weighted by Gasteiger charge is -2.14. The highest BCUT2D eigenvalue weighted by Gasteiger charge is 2.18. The minimum atomic E-state index is -1.14. The molecule has 0 saturated heterocycles. The molecule has 3 aromatic rings. The SMILES string of the molecule is COc1ccc(C(=O)O)cc1NC(=O)/C(=C\c1ccc(C)cc1)NC(=O)c1ccccc1. The highest BCUT2D eigenvalue weighted by molar-refractivity contribution is 6.11. The Bertz CT molecular complexity index is 1170. The predicted octanol–water partition coefficient (Wildman–Crippen LogP) is 4.11. The summed E-state index contributed by atoms with van der Waals surface area (Å²) >= 11 is 0. The summed E-state index contributed by atoms with van der Waals surface area (Å²) in [6.07, 6.45) is 1.54. The van der Waals surface area contributed by atoms with Crippen LogP contribution in [0.3, 0.4) is 0 Å². The molecule has 0 aliphatic rings. The summed E-state index contributed by atoms with van der Waals surface area (Å²) in [4.78, 5) is 37.1. The number of hydrogen-bond donors (Lipinski definition) is 3. The van der Waals surface area contributed by atoms with Gasteiger partial charge in [0.2, 0.25) is 0 Å². The van der Waals surface area contributed by atoms with Crippen LogP contribution in [-0.4, -0.2) is 30.0 Å². The molecule has 0 bridgehead atoms. The van der Waals surface area contributed by atoms with Gasteiger partial charge in [0.05, 0.1) is 18.4 Å². The standard InChI is InChI=1S/C25H22N2O5/c1-16-8-10-17(11-9-16)14-21(27-23(28)18-6-4-3-5-7-18)24(29)26-20-15-19(25(30)31)12-13-22(20)32-2/h3-15H,1-2H3,(H,26,29)(H,27,28)(H,30,31)/b21-14+. The van der Waals surface area contributed by atoms with Crippen molar-refractivity contribution in [1.29, 1.82) is 0 Å². The predicted molar refractivity (Wildman–Crippen MR) is 122 cm³/mol. The molecule has 0 aliphatic carbocycles. The molecular weight excluding hydrogens is 408 g/mol. The topological polar surface area (TPSA) is 105 Å². The van der Waals surface area contributed by atoms with Crippen LogP contribution in [0.1, 0.15) is 31.8 Å². The highest BCUT2D eigenvalue weighted by atomic mass is 16.5. The van der Waals surface area contributed by atoms with Gasteiger partial charge in [-0.15, -0.1) is 0 Å². The molecule has 3 N–H and O–H groups in total. The lowest BCUT2D eigenvalue weighted by Crippen LogP contribution is -2.30. The van der Waals surface area contributed by atoms with Crippen molar-refractivity contribution in [1.82, 2.24) is 5.32 Å². The number of methoxy groups -OCH3 is 1. The van der Waals surface area contributed by atoms with Crippen molar-refractivity contribution in [3.8, 4) is 5.75 Å². The van der Waals surface area contributed by atoms with E-state index in [1.54, 1.807) is 36.4 Å². The zero-order valence-electron chi connectivity index (χ0n) is 17.6. The largest absolute Gasteiger partial charge is 0.495 e. The lowest BCUT2D eigenvalue weighted by atomic mass is 10.1. The van der Waals surface area contributed by atoms with Crippen LogP contribution in [0.5, 0.6) is 5.75 Å². The number of carboxylic acids is 1. The molecule has 0 fully saturated rings. The molecule has 0 saturated carbocycles. The van der Waals surface area contributed by atoms with E-state index in [0.29, 0.717) is 11.1 Å². The summed E-state index contributed by atoms with van der Waals surface area (Å²) in [5.41, 5.74) is 2.29. The van der Waals surface area contributed by atoms with E-state index in [2.05, 4.69) is 10.6 Å². The van der Waals surface area contributed by atoms with Gasteiger partial charge < -0.3 is 20.5 Å². The number of carbonyl (C=O) groups is 3. The number of nitrogens with one attached hydrogen (secondary N) is 2. The van der Waals surface area contributed by atoms with E-state index in [-0.39, 0.29) is 22.7 Å². The Morgan fingerprint density at radius 3 is 2.22 bits per heavy atom. The van der Waals surface area contributed by atoms with Crippen LogP contribution in [0.15, 0.2) is 78.5 Å². The molecular formula is C25H22N2O5. The van der Waals surface area contributed by atoms with Crippen molar-refractivity contribution in [2.45, 2.75) is 6.92 Å². The maximum Gasteiger partial charge on any atom is 0.335 e. The first-order valence-electron chi connectivity index (χ1n) is 9.75. The van der Waals surface area contributed by atoms with Gasteiger partial charge in [0.25, 0.3) is 11.8 Å². The smallest absolute Gasteiger partial charge is 0.335 e. The quantitative estimate of drug-likeness (QED) is 0.489. The average Bonchev–Trinajstić information content (AvgIpc) is 2.80.